The highest BCUT2D eigenvalue weighted by Gasteiger charge is 2.40. The number of rotatable bonds is 15. The lowest BCUT2D eigenvalue weighted by atomic mass is 10.0. The number of morpholine rings is 1. The van der Waals surface area contributed by atoms with E-state index in [1.807, 2.05) is 24.3 Å². The third-order valence-corrected chi connectivity index (χ3v) is 8.15. The Kier molecular flexibility index (Phi) is 10.6. The molecule has 1 aromatic carbocycles. The zero-order chi connectivity index (χ0) is 29.5. The number of carboxylic acid groups (broad SMARTS) is 1. The van der Waals surface area contributed by atoms with E-state index in [1.165, 1.54) is 18.9 Å². The van der Waals surface area contributed by atoms with Gasteiger partial charge in [0, 0.05) is 32.2 Å². The summed E-state index contributed by atoms with van der Waals surface area (Å²) in [5, 5.41) is 12.2. The largest absolute Gasteiger partial charge is 0.479 e. The molecule has 2 N–H and O–H groups in total. The highest BCUT2D eigenvalue weighted by atomic mass is 16.6. The summed E-state index contributed by atoms with van der Waals surface area (Å²) in [6.45, 7) is 4.22. The molecule has 0 radical (unpaired) electrons. The zero-order valence-corrected chi connectivity index (χ0v) is 24.3. The number of esters is 2. The van der Waals surface area contributed by atoms with Crippen molar-refractivity contribution in [2.24, 2.45) is 11.8 Å². The van der Waals surface area contributed by atoms with Crippen LogP contribution >= 0.6 is 0 Å². The van der Waals surface area contributed by atoms with Gasteiger partial charge in [-0.05, 0) is 56.3 Å². The molecular formula is C30H43N3O8. The number of carboxylic acids is 1. The van der Waals surface area contributed by atoms with Crippen LogP contribution in [0.3, 0.4) is 0 Å². The number of carbonyl (C=O) groups is 4. The Morgan fingerprint density at radius 3 is 2.17 bits per heavy atom. The summed E-state index contributed by atoms with van der Waals surface area (Å²) in [6.07, 6.45) is 2.64. The van der Waals surface area contributed by atoms with Gasteiger partial charge in [0.25, 0.3) is 5.91 Å². The van der Waals surface area contributed by atoms with E-state index in [0.29, 0.717) is 32.0 Å². The fraction of sp³-hybridized carbons (Fsp3) is 0.667. The van der Waals surface area contributed by atoms with Gasteiger partial charge in [0.1, 0.15) is 12.1 Å². The number of carbonyl (C=O) groups excluding carboxylic acids is 3. The summed E-state index contributed by atoms with van der Waals surface area (Å²) < 4.78 is 16.5. The first-order chi connectivity index (χ1) is 19.7. The molecule has 0 unspecified atom stereocenters. The number of aliphatic carboxylic acids is 1. The molecule has 1 amide bonds. The van der Waals surface area contributed by atoms with Crippen molar-refractivity contribution < 1.29 is 38.5 Å². The van der Waals surface area contributed by atoms with Gasteiger partial charge in [0.2, 0.25) is 0 Å². The monoisotopic (exact) mass is 573 g/mol. The Bertz CT molecular complexity index is 1070. The number of nitrogens with one attached hydrogen (secondary N) is 1. The molecule has 11 nitrogen and oxygen atoms in total. The van der Waals surface area contributed by atoms with Crippen LogP contribution in [-0.4, -0.2) is 98.5 Å². The van der Waals surface area contributed by atoms with Crippen LogP contribution in [-0.2, 0) is 39.8 Å². The van der Waals surface area contributed by atoms with Gasteiger partial charge < -0.3 is 34.4 Å². The van der Waals surface area contributed by atoms with Crippen molar-refractivity contribution in [3.8, 4) is 0 Å². The van der Waals surface area contributed by atoms with E-state index in [4.69, 9.17) is 14.2 Å². The van der Waals surface area contributed by atoms with Gasteiger partial charge in [-0.1, -0.05) is 37.8 Å². The van der Waals surface area contributed by atoms with Crippen LogP contribution in [0, 0.1) is 11.8 Å². The lowest BCUT2D eigenvalue weighted by molar-refractivity contribution is -0.171. The van der Waals surface area contributed by atoms with Crippen LogP contribution in [0.4, 0.5) is 5.69 Å². The first-order valence-corrected chi connectivity index (χ1v) is 14.7. The number of likely N-dealkylation sites (N-methyl/N-ethyl adjacent to an activating group) is 2. The van der Waals surface area contributed by atoms with Crippen molar-refractivity contribution in [1.82, 2.24) is 10.2 Å². The first kappa shape index (κ1) is 30.8. The maximum Gasteiger partial charge on any atom is 0.344 e. The number of amides is 1. The van der Waals surface area contributed by atoms with Crippen molar-refractivity contribution in [2.75, 3.05) is 45.3 Å². The maximum absolute atomic E-state index is 13.9. The molecule has 226 valence electrons. The highest BCUT2D eigenvalue weighted by Crippen LogP contribution is 2.35. The summed E-state index contributed by atoms with van der Waals surface area (Å²) in [5.74, 6) is -2.34. The number of anilines is 1. The van der Waals surface area contributed by atoms with Gasteiger partial charge in [0.05, 0.1) is 13.2 Å². The number of hydrogen-bond donors (Lipinski definition) is 2. The second kappa shape index (κ2) is 14.1. The van der Waals surface area contributed by atoms with Crippen molar-refractivity contribution in [2.45, 2.75) is 76.2 Å². The second-order valence-corrected chi connectivity index (χ2v) is 11.5. The second-order valence-electron chi connectivity index (χ2n) is 11.5. The lowest BCUT2D eigenvalue weighted by Gasteiger charge is -2.31. The van der Waals surface area contributed by atoms with E-state index < -0.39 is 48.1 Å². The average molecular weight is 574 g/mol. The van der Waals surface area contributed by atoms with Crippen LogP contribution in [0.2, 0.25) is 0 Å². The van der Waals surface area contributed by atoms with Gasteiger partial charge in [-0.3, -0.25) is 9.59 Å². The van der Waals surface area contributed by atoms with E-state index in [9.17, 15) is 24.3 Å². The van der Waals surface area contributed by atoms with E-state index in [1.54, 1.807) is 7.05 Å². The maximum atomic E-state index is 13.9. The molecule has 3 fully saturated rings. The average Bonchev–Trinajstić information content (AvgIpc) is 3.90. The predicted octanol–water partition coefficient (Wildman–Crippen LogP) is 2.01. The Hall–Kier alpha value is -3.18. The van der Waals surface area contributed by atoms with E-state index in [-0.39, 0.29) is 12.3 Å². The third kappa shape index (κ3) is 8.90. The number of hydrogen-bond acceptors (Lipinski definition) is 9. The lowest BCUT2D eigenvalue weighted by Crippen LogP contribution is -2.51. The Morgan fingerprint density at radius 2 is 1.61 bits per heavy atom. The molecule has 2 aliphatic carbocycles. The first-order valence-electron chi connectivity index (χ1n) is 14.7. The minimum atomic E-state index is -1.34. The fourth-order valence-electron chi connectivity index (χ4n) is 5.06. The van der Waals surface area contributed by atoms with Crippen LogP contribution in [0.15, 0.2) is 24.3 Å². The predicted molar refractivity (Wildman–Crippen MR) is 150 cm³/mol. The molecule has 41 heavy (non-hydrogen) atoms. The van der Waals surface area contributed by atoms with Gasteiger partial charge in [-0.2, -0.15) is 0 Å². The fourth-order valence-corrected chi connectivity index (χ4v) is 5.06. The van der Waals surface area contributed by atoms with Crippen LogP contribution in [0.25, 0.3) is 0 Å². The summed E-state index contributed by atoms with van der Waals surface area (Å²) >= 11 is 0. The van der Waals surface area contributed by atoms with Crippen molar-refractivity contribution in [3.05, 3.63) is 29.8 Å². The molecule has 0 aromatic heterocycles. The Morgan fingerprint density at radius 1 is 1.00 bits per heavy atom. The molecule has 1 aliphatic heterocycles. The van der Waals surface area contributed by atoms with E-state index in [0.717, 1.165) is 50.0 Å². The normalized spacial score (nSPS) is 19.9. The summed E-state index contributed by atoms with van der Waals surface area (Å²) in [4.78, 5) is 54.9. The van der Waals surface area contributed by atoms with E-state index in [2.05, 4.69) is 10.2 Å². The number of ether oxygens (including phenoxy) is 3. The molecule has 0 spiro atoms. The van der Waals surface area contributed by atoms with E-state index >= 15 is 0 Å². The van der Waals surface area contributed by atoms with Gasteiger partial charge in [-0.25, -0.2) is 9.59 Å². The van der Waals surface area contributed by atoms with Crippen molar-refractivity contribution >= 4 is 29.5 Å². The smallest absolute Gasteiger partial charge is 0.344 e. The number of nitrogens with zero attached hydrogens (tertiary/aromatic N) is 2. The number of benzene rings is 1. The SMILES string of the molecule is CN[C@@H](CC1CC1)C(=O)O[C@H](Cc1ccc(N2CCOCC2)cc1)C(=O)N(C)[C@@H](CC1CC1)C(=O)O[C@H](C)C(=O)O. The molecular weight excluding hydrogens is 530 g/mol. The van der Waals surface area contributed by atoms with Crippen molar-refractivity contribution in [1.29, 1.82) is 0 Å². The van der Waals surface area contributed by atoms with Gasteiger partial charge in [0.15, 0.2) is 12.2 Å². The summed E-state index contributed by atoms with van der Waals surface area (Å²) in [6, 6.07) is 6.30. The molecule has 1 heterocycles. The minimum Gasteiger partial charge on any atom is -0.479 e. The molecule has 3 aliphatic rings. The van der Waals surface area contributed by atoms with Gasteiger partial charge in [-0.15, -0.1) is 0 Å². The van der Waals surface area contributed by atoms with Crippen molar-refractivity contribution in [3.63, 3.8) is 0 Å². The molecule has 1 saturated heterocycles. The standard InChI is InChI=1S/C30H43N3O8/c1-19(28(35)36)40-30(38)25(17-21-6-7-21)32(3)27(34)26(41-29(37)24(31-2)16-20-4-5-20)18-22-8-10-23(11-9-22)33-12-14-39-15-13-33/h8-11,19-21,24-26,31H,4-7,12-18H2,1-3H3,(H,35,36)/t19-,24+,25+,26-/m1/s1. The molecule has 0 bridgehead atoms. The minimum absolute atomic E-state index is 0.134. The molecule has 4 atom stereocenters. The highest BCUT2D eigenvalue weighted by molar-refractivity contribution is 5.90. The van der Waals surface area contributed by atoms with Crippen LogP contribution in [0.5, 0.6) is 0 Å². The quantitative estimate of drug-likeness (QED) is 0.300. The Labute approximate surface area is 241 Å². The van der Waals surface area contributed by atoms with Crippen LogP contribution in [0.1, 0.15) is 51.0 Å². The topological polar surface area (TPSA) is 135 Å². The summed E-state index contributed by atoms with van der Waals surface area (Å²) in [7, 11) is 3.19. The Balaban J connectivity index is 1.51. The van der Waals surface area contributed by atoms with Crippen LogP contribution < -0.4 is 10.2 Å². The molecule has 2 saturated carbocycles. The molecule has 11 heteroatoms. The molecule has 4 rings (SSSR count). The zero-order valence-electron chi connectivity index (χ0n) is 24.3. The third-order valence-electron chi connectivity index (χ3n) is 8.15. The summed E-state index contributed by atoms with van der Waals surface area (Å²) in [5.41, 5.74) is 1.86. The molecule has 1 aromatic rings. The van der Waals surface area contributed by atoms with Gasteiger partial charge >= 0.3 is 17.9 Å².